The standard InChI is InChI=1S/C19H24N4O5/c1-22-18(27)23(17(26)19(22)10-4-3-5-11-19)12-15(24)20-21-16(25)13-6-8-14(28-2)9-7-13/h6-9H,3-5,10-12H2,1-2H3,(H,20,24)(H,21,25). The normalized spacial score (nSPS) is 18.4. The van der Waals surface area contributed by atoms with Crippen molar-refractivity contribution in [3.05, 3.63) is 29.8 Å². The van der Waals surface area contributed by atoms with Crippen LogP contribution < -0.4 is 15.6 Å². The number of benzene rings is 1. The Morgan fingerprint density at radius 1 is 1.07 bits per heavy atom. The Morgan fingerprint density at radius 3 is 2.32 bits per heavy atom. The second-order valence-corrected chi connectivity index (χ2v) is 7.06. The van der Waals surface area contributed by atoms with E-state index < -0.39 is 29.9 Å². The van der Waals surface area contributed by atoms with Gasteiger partial charge in [-0.1, -0.05) is 19.3 Å². The van der Waals surface area contributed by atoms with Gasteiger partial charge in [-0.3, -0.25) is 30.1 Å². The smallest absolute Gasteiger partial charge is 0.327 e. The molecule has 1 aliphatic carbocycles. The van der Waals surface area contributed by atoms with Crippen LogP contribution in [0.5, 0.6) is 5.75 Å². The van der Waals surface area contributed by atoms with Crippen LogP contribution in [-0.2, 0) is 9.59 Å². The highest BCUT2D eigenvalue weighted by Gasteiger charge is 2.55. The molecule has 1 aliphatic heterocycles. The lowest BCUT2D eigenvalue weighted by molar-refractivity contribution is -0.137. The number of amides is 5. The van der Waals surface area contributed by atoms with E-state index in [0.717, 1.165) is 24.2 Å². The first-order valence-electron chi connectivity index (χ1n) is 9.22. The van der Waals surface area contributed by atoms with Crippen molar-refractivity contribution < 1.29 is 23.9 Å². The lowest BCUT2D eigenvalue weighted by atomic mass is 9.81. The van der Waals surface area contributed by atoms with E-state index >= 15 is 0 Å². The molecular formula is C19H24N4O5. The molecule has 0 atom stereocenters. The minimum Gasteiger partial charge on any atom is -0.497 e. The summed E-state index contributed by atoms with van der Waals surface area (Å²) in [6.07, 6.45) is 4.01. The van der Waals surface area contributed by atoms with Crippen molar-refractivity contribution in [2.24, 2.45) is 0 Å². The van der Waals surface area contributed by atoms with Crippen molar-refractivity contribution in [3.8, 4) is 5.75 Å². The number of nitrogens with zero attached hydrogens (tertiary/aromatic N) is 2. The minimum absolute atomic E-state index is 0.329. The Bertz CT molecular complexity index is 786. The van der Waals surface area contributed by atoms with E-state index in [0.29, 0.717) is 24.2 Å². The molecule has 1 saturated heterocycles. The lowest BCUT2D eigenvalue weighted by Crippen LogP contribution is -2.50. The average Bonchev–Trinajstić information content (AvgIpc) is 2.89. The van der Waals surface area contributed by atoms with Gasteiger partial charge in [0, 0.05) is 12.6 Å². The first-order valence-corrected chi connectivity index (χ1v) is 9.22. The zero-order valence-corrected chi connectivity index (χ0v) is 16.0. The topological polar surface area (TPSA) is 108 Å². The van der Waals surface area contributed by atoms with Crippen LogP contribution in [-0.4, -0.2) is 59.8 Å². The highest BCUT2D eigenvalue weighted by molar-refractivity contribution is 6.09. The van der Waals surface area contributed by atoms with Gasteiger partial charge in [0.05, 0.1) is 7.11 Å². The Morgan fingerprint density at radius 2 is 1.71 bits per heavy atom. The van der Waals surface area contributed by atoms with E-state index in [-0.39, 0.29) is 5.91 Å². The van der Waals surface area contributed by atoms with Gasteiger partial charge in [-0.2, -0.15) is 0 Å². The van der Waals surface area contributed by atoms with Crippen LogP contribution >= 0.6 is 0 Å². The van der Waals surface area contributed by atoms with Crippen molar-refractivity contribution in [2.45, 2.75) is 37.6 Å². The SMILES string of the molecule is COc1ccc(C(=O)NNC(=O)CN2C(=O)N(C)C3(CCCCC3)C2=O)cc1. The molecule has 2 fully saturated rings. The second-order valence-electron chi connectivity index (χ2n) is 7.06. The summed E-state index contributed by atoms with van der Waals surface area (Å²) < 4.78 is 5.02. The summed E-state index contributed by atoms with van der Waals surface area (Å²) in [7, 11) is 3.13. The number of imide groups is 1. The molecule has 1 aromatic carbocycles. The largest absolute Gasteiger partial charge is 0.497 e. The molecule has 9 nitrogen and oxygen atoms in total. The molecular weight excluding hydrogens is 364 g/mol. The third-order valence-electron chi connectivity index (χ3n) is 5.45. The number of hydrogen-bond acceptors (Lipinski definition) is 5. The molecule has 0 unspecified atom stereocenters. The third-order valence-corrected chi connectivity index (χ3v) is 5.45. The number of likely N-dealkylation sites (N-methyl/N-ethyl adjacent to an activating group) is 1. The molecule has 1 aromatic rings. The summed E-state index contributed by atoms with van der Waals surface area (Å²) in [6.45, 7) is -0.438. The maximum atomic E-state index is 12.8. The van der Waals surface area contributed by atoms with Gasteiger partial charge >= 0.3 is 6.03 Å². The molecule has 1 heterocycles. The maximum absolute atomic E-state index is 12.8. The Hall–Kier alpha value is -3.10. The Balaban J connectivity index is 1.57. The number of ether oxygens (including phenoxy) is 1. The minimum atomic E-state index is -0.831. The summed E-state index contributed by atoms with van der Waals surface area (Å²) >= 11 is 0. The third kappa shape index (κ3) is 3.51. The molecule has 0 bridgehead atoms. The van der Waals surface area contributed by atoms with Crippen molar-refractivity contribution >= 4 is 23.8 Å². The number of hydrogen-bond donors (Lipinski definition) is 2. The first-order chi connectivity index (χ1) is 13.4. The van der Waals surface area contributed by atoms with Gasteiger partial charge < -0.3 is 9.64 Å². The molecule has 5 amide bonds. The van der Waals surface area contributed by atoms with Gasteiger partial charge in [-0.15, -0.1) is 0 Å². The van der Waals surface area contributed by atoms with Crippen LogP contribution in [0.15, 0.2) is 24.3 Å². The number of carbonyl (C=O) groups is 4. The lowest BCUT2D eigenvalue weighted by Gasteiger charge is -2.35. The molecule has 28 heavy (non-hydrogen) atoms. The van der Waals surface area contributed by atoms with E-state index in [4.69, 9.17) is 4.74 Å². The zero-order chi connectivity index (χ0) is 20.3. The number of nitrogens with one attached hydrogen (secondary N) is 2. The fourth-order valence-corrected chi connectivity index (χ4v) is 3.80. The summed E-state index contributed by atoms with van der Waals surface area (Å²) in [6, 6.07) is 5.87. The van der Waals surface area contributed by atoms with Crippen LogP contribution in [0, 0.1) is 0 Å². The van der Waals surface area contributed by atoms with Crippen LogP contribution in [0.3, 0.4) is 0 Å². The highest BCUT2D eigenvalue weighted by atomic mass is 16.5. The van der Waals surface area contributed by atoms with E-state index in [1.165, 1.54) is 12.0 Å². The molecule has 3 rings (SSSR count). The van der Waals surface area contributed by atoms with Crippen molar-refractivity contribution in [2.75, 3.05) is 20.7 Å². The number of urea groups is 1. The number of rotatable bonds is 4. The van der Waals surface area contributed by atoms with Gasteiger partial charge in [-0.25, -0.2) is 4.79 Å². The van der Waals surface area contributed by atoms with E-state index in [9.17, 15) is 19.2 Å². The van der Waals surface area contributed by atoms with Gasteiger partial charge in [0.25, 0.3) is 17.7 Å². The quantitative estimate of drug-likeness (QED) is 0.592. The monoisotopic (exact) mass is 388 g/mol. The maximum Gasteiger partial charge on any atom is 0.327 e. The molecule has 0 aromatic heterocycles. The van der Waals surface area contributed by atoms with Crippen LogP contribution in [0.25, 0.3) is 0 Å². The number of hydrazine groups is 1. The van der Waals surface area contributed by atoms with Gasteiger partial charge in [0.2, 0.25) is 0 Å². The summed E-state index contributed by atoms with van der Waals surface area (Å²) in [5.74, 6) is -0.899. The van der Waals surface area contributed by atoms with Crippen LogP contribution in [0.4, 0.5) is 4.79 Å². The van der Waals surface area contributed by atoms with Gasteiger partial charge in [0.1, 0.15) is 17.8 Å². The van der Waals surface area contributed by atoms with Crippen molar-refractivity contribution in [1.82, 2.24) is 20.7 Å². The van der Waals surface area contributed by atoms with Gasteiger partial charge in [-0.05, 0) is 37.1 Å². The van der Waals surface area contributed by atoms with E-state index in [1.54, 1.807) is 31.3 Å². The second kappa shape index (κ2) is 7.87. The average molecular weight is 388 g/mol. The summed E-state index contributed by atoms with van der Waals surface area (Å²) in [5.41, 5.74) is 4.03. The van der Waals surface area contributed by atoms with Gasteiger partial charge in [0.15, 0.2) is 0 Å². The van der Waals surface area contributed by atoms with E-state index in [2.05, 4.69) is 10.9 Å². The zero-order valence-electron chi connectivity index (χ0n) is 16.0. The first kappa shape index (κ1) is 19.7. The van der Waals surface area contributed by atoms with Crippen LogP contribution in [0.2, 0.25) is 0 Å². The fourth-order valence-electron chi connectivity index (χ4n) is 3.80. The Kier molecular flexibility index (Phi) is 5.53. The number of methoxy groups -OCH3 is 1. The highest BCUT2D eigenvalue weighted by Crippen LogP contribution is 2.39. The molecule has 9 heteroatoms. The molecule has 1 spiro atoms. The molecule has 2 N–H and O–H groups in total. The predicted molar refractivity (Wildman–Crippen MR) is 99.3 cm³/mol. The summed E-state index contributed by atoms with van der Waals surface area (Å²) in [4.78, 5) is 52.0. The number of carbonyl (C=O) groups excluding carboxylic acids is 4. The molecule has 1 saturated carbocycles. The van der Waals surface area contributed by atoms with Crippen molar-refractivity contribution in [3.63, 3.8) is 0 Å². The van der Waals surface area contributed by atoms with Crippen molar-refractivity contribution in [1.29, 1.82) is 0 Å². The van der Waals surface area contributed by atoms with E-state index in [1.807, 2.05) is 0 Å². The predicted octanol–water partition coefficient (Wildman–Crippen LogP) is 1.05. The Labute approximate surface area is 163 Å². The fraction of sp³-hybridized carbons (Fsp3) is 0.474. The molecule has 150 valence electrons. The molecule has 2 aliphatic rings. The van der Waals surface area contributed by atoms with Crippen LogP contribution in [0.1, 0.15) is 42.5 Å². The summed E-state index contributed by atoms with van der Waals surface area (Å²) in [5, 5.41) is 0. The molecule has 0 radical (unpaired) electrons.